The molecule has 2 aromatic heterocycles. The highest BCUT2D eigenvalue weighted by atomic mass is 19.1. The standard InChI is InChI=1S/C19H14FN3O/c20-15-4-1-2-6-17(15)23-18(12-13-7-9-14(24)10-8-13)22-16-5-3-11-21-19(16)23/h1-11,24H,12H2. The van der Waals surface area contributed by atoms with Crippen molar-refractivity contribution in [3.8, 4) is 11.4 Å². The SMILES string of the molecule is Oc1ccc(Cc2nc3cccnc3n2-c2ccccc2F)cc1. The molecule has 24 heavy (non-hydrogen) atoms. The summed E-state index contributed by atoms with van der Waals surface area (Å²) in [6.07, 6.45) is 2.18. The zero-order valence-corrected chi connectivity index (χ0v) is 12.7. The number of fused-ring (bicyclic) bond motifs is 1. The lowest BCUT2D eigenvalue weighted by Gasteiger charge is -2.10. The Balaban J connectivity index is 1.90. The Bertz CT molecular complexity index is 1010. The highest BCUT2D eigenvalue weighted by Crippen LogP contribution is 2.24. The van der Waals surface area contributed by atoms with Crippen molar-refractivity contribution in [1.82, 2.24) is 14.5 Å². The van der Waals surface area contributed by atoms with Gasteiger partial charge in [-0.3, -0.25) is 4.57 Å². The van der Waals surface area contributed by atoms with Gasteiger partial charge in [-0.2, -0.15) is 0 Å². The Morgan fingerprint density at radius 3 is 2.54 bits per heavy atom. The Kier molecular flexibility index (Phi) is 3.46. The van der Waals surface area contributed by atoms with Crippen LogP contribution in [0.3, 0.4) is 0 Å². The van der Waals surface area contributed by atoms with Crippen molar-refractivity contribution < 1.29 is 9.50 Å². The number of aromatic hydroxyl groups is 1. The zero-order chi connectivity index (χ0) is 16.5. The molecule has 0 radical (unpaired) electrons. The normalized spacial score (nSPS) is 11.0. The maximum atomic E-state index is 14.3. The van der Waals surface area contributed by atoms with Gasteiger partial charge in [0.05, 0.1) is 5.69 Å². The Morgan fingerprint density at radius 2 is 1.75 bits per heavy atom. The molecule has 0 aliphatic heterocycles. The van der Waals surface area contributed by atoms with Gasteiger partial charge >= 0.3 is 0 Å². The quantitative estimate of drug-likeness (QED) is 0.624. The first-order valence-corrected chi connectivity index (χ1v) is 7.57. The molecular formula is C19H14FN3O. The highest BCUT2D eigenvalue weighted by Gasteiger charge is 2.16. The molecule has 0 aliphatic rings. The lowest BCUT2D eigenvalue weighted by Crippen LogP contribution is -2.05. The minimum absolute atomic E-state index is 0.211. The number of imidazole rings is 1. The third kappa shape index (κ3) is 2.50. The topological polar surface area (TPSA) is 50.9 Å². The second-order valence-electron chi connectivity index (χ2n) is 5.50. The van der Waals surface area contributed by atoms with Crippen molar-refractivity contribution in [2.24, 2.45) is 0 Å². The van der Waals surface area contributed by atoms with Crippen LogP contribution in [0.25, 0.3) is 16.9 Å². The first kappa shape index (κ1) is 14.4. The van der Waals surface area contributed by atoms with Gasteiger partial charge in [0.1, 0.15) is 22.9 Å². The summed E-state index contributed by atoms with van der Waals surface area (Å²) in [6, 6.07) is 17.2. The number of benzene rings is 2. The van der Waals surface area contributed by atoms with Crippen molar-refractivity contribution in [3.05, 3.63) is 84.1 Å². The number of pyridine rings is 1. The Labute approximate surface area is 137 Å². The van der Waals surface area contributed by atoms with E-state index in [1.165, 1.54) is 6.07 Å². The molecule has 0 aliphatic carbocycles. The fourth-order valence-corrected chi connectivity index (χ4v) is 2.76. The van der Waals surface area contributed by atoms with Crippen LogP contribution in [0.2, 0.25) is 0 Å². The average molecular weight is 319 g/mol. The first-order chi connectivity index (χ1) is 11.7. The molecular weight excluding hydrogens is 305 g/mol. The summed E-state index contributed by atoms with van der Waals surface area (Å²) in [6.45, 7) is 0. The number of halogens is 1. The zero-order valence-electron chi connectivity index (χ0n) is 12.7. The van der Waals surface area contributed by atoms with Crippen LogP contribution in [0, 0.1) is 5.82 Å². The van der Waals surface area contributed by atoms with Crippen LogP contribution in [0.4, 0.5) is 4.39 Å². The third-order valence-electron chi connectivity index (χ3n) is 3.88. The number of rotatable bonds is 3. The molecule has 0 unspecified atom stereocenters. The highest BCUT2D eigenvalue weighted by molar-refractivity contribution is 5.74. The maximum Gasteiger partial charge on any atom is 0.164 e. The number of phenols is 1. The van der Waals surface area contributed by atoms with Crippen LogP contribution in [0.15, 0.2) is 66.9 Å². The van der Waals surface area contributed by atoms with Crippen LogP contribution in [0.1, 0.15) is 11.4 Å². The van der Waals surface area contributed by atoms with E-state index in [9.17, 15) is 9.50 Å². The van der Waals surface area contributed by atoms with E-state index in [2.05, 4.69) is 9.97 Å². The molecule has 4 rings (SSSR count). The van der Waals surface area contributed by atoms with Crippen molar-refractivity contribution in [1.29, 1.82) is 0 Å². The molecule has 5 heteroatoms. The van der Waals surface area contributed by atoms with E-state index in [1.807, 2.05) is 24.3 Å². The molecule has 0 fully saturated rings. The van der Waals surface area contributed by atoms with Crippen LogP contribution < -0.4 is 0 Å². The molecule has 0 saturated carbocycles. The number of aromatic nitrogens is 3. The molecule has 4 nitrogen and oxygen atoms in total. The number of phenolic OH excluding ortho intramolecular Hbond substituents is 1. The molecule has 4 aromatic rings. The number of hydrogen-bond donors (Lipinski definition) is 1. The predicted molar refractivity (Wildman–Crippen MR) is 89.7 cm³/mol. The van der Waals surface area contributed by atoms with Crippen molar-refractivity contribution in [3.63, 3.8) is 0 Å². The van der Waals surface area contributed by atoms with E-state index in [0.717, 1.165) is 11.1 Å². The second-order valence-corrected chi connectivity index (χ2v) is 5.50. The summed E-state index contributed by atoms with van der Waals surface area (Å²) in [5.41, 5.74) is 2.74. The van der Waals surface area contributed by atoms with Crippen molar-refractivity contribution in [2.45, 2.75) is 6.42 Å². The summed E-state index contributed by atoms with van der Waals surface area (Å²) in [5, 5.41) is 9.43. The van der Waals surface area contributed by atoms with E-state index < -0.39 is 0 Å². The minimum atomic E-state index is -0.325. The van der Waals surface area contributed by atoms with Crippen LogP contribution >= 0.6 is 0 Å². The van der Waals surface area contributed by atoms with Crippen molar-refractivity contribution >= 4 is 11.2 Å². The van der Waals surface area contributed by atoms with Crippen LogP contribution in [0.5, 0.6) is 5.75 Å². The molecule has 0 spiro atoms. The molecule has 1 N–H and O–H groups in total. The molecule has 0 saturated heterocycles. The lowest BCUT2D eigenvalue weighted by atomic mass is 10.1. The summed E-state index contributed by atoms with van der Waals surface area (Å²) in [4.78, 5) is 8.99. The summed E-state index contributed by atoms with van der Waals surface area (Å²) >= 11 is 0. The van der Waals surface area contributed by atoms with Crippen molar-refractivity contribution in [2.75, 3.05) is 0 Å². The van der Waals surface area contributed by atoms with E-state index in [0.29, 0.717) is 23.6 Å². The van der Waals surface area contributed by atoms with Crippen LogP contribution in [-0.2, 0) is 6.42 Å². The van der Waals surface area contributed by atoms with Crippen LogP contribution in [-0.4, -0.2) is 19.6 Å². The van der Waals surface area contributed by atoms with Gasteiger partial charge in [-0.05, 0) is 42.0 Å². The molecule has 0 atom stereocenters. The van der Waals surface area contributed by atoms with E-state index >= 15 is 0 Å². The molecule has 0 amide bonds. The minimum Gasteiger partial charge on any atom is -0.508 e. The largest absolute Gasteiger partial charge is 0.508 e. The van der Waals surface area contributed by atoms with E-state index in [4.69, 9.17) is 0 Å². The second kappa shape index (κ2) is 5.77. The Morgan fingerprint density at radius 1 is 0.958 bits per heavy atom. The summed E-state index contributed by atoms with van der Waals surface area (Å²) in [7, 11) is 0. The Hall–Kier alpha value is -3.21. The number of hydrogen-bond acceptors (Lipinski definition) is 3. The van der Waals surface area contributed by atoms with Gasteiger partial charge in [-0.1, -0.05) is 24.3 Å². The maximum absolute atomic E-state index is 14.3. The third-order valence-corrected chi connectivity index (χ3v) is 3.88. The summed E-state index contributed by atoms with van der Waals surface area (Å²) in [5.74, 6) is 0.580. The molecule has 0 bridgehead atoms. The molecule has 118 valence electrons. The molecule has 2 heterocycles. The van der Waals surface area contributed by atoms with E-state index in [1.54, 1.807) is 41.1 Å². The summed E-state index contributed by atoms with van der Waals surface area (Å²) < 4.78 is 16.1. The van der Waals surface area contributed by atoms with Gasteiger partial charge in [-0.15, -0.1) is 0 Å². The van der Waals surface area contributed by atoms with Gasteiger partial charge < -0.3 is 5.11 Å². The fraction of sp³-hybridized carbons (Fsp3) is 0.0526. The predicted octanol–water partition coefficient (Wildman–Crippen LogP) is 3.86. The van der Waals surface area contributed by atoms with Gasteiger partial charge in [0.2, 0.25) is 0 Å². The van der Waals surface area contributed by atoms with Gasteiger partial charge in [-0.25, -0.2) is 14.4 Å². The fourth-order valence-electron chi connectivity index (χ4n) is 2.76. The van der Waals surface area contributed by atoms with Gasteiger partial charge in [0.25, 0.3) is 0 Å². The van der Waals surface area contributed by atoms with E-state index in [-0.39, 0.29) is 11.6 Å². The monoisotopic (exact) mass is 319 g/mol. The number of nitrogens with zero attached hydrogens (tertiary/aromatic N) is 3. The smallest absolute Gasteiger partial charge is 0.164 e. The average Bonchev–Trinajstić information content (AvgIpc) is 2.95. The lowest BCUT2D eigenvalue weighted by molar-refractivity contribution is 0.475. The van der Waals surface area contributed by atoms with Gasteiger partial charge in [0, 0.05) is 12.6 Å². The first-order valence-electron chi connectivity index (χ1n) is 7.57. The molecule has 2 aromatic carbocycles. The number of para-hydroxylation sites is 1. The van der Waals surface area contributed by atoms with Gasteiger partial charge in [0.15, 0.2) is 5.65 Å².